The average molecular weight is 338 g/mol. The number of imidazole rings is 1. The van der Waals surface area contributed by atoms with Gasteiger partial charge < -0.3 is 14.2 Å². The van der Waals surface area contributed by atoms with Crippen molar-refractivity contribution in [2.75, 3.05) is 0 Å². The van der Waals surface area contributed by atoms with Gasteiger partial charge in [0.05, 0.1) is 6.42 Å². The summed E-state index contributed by atoms with van der Waals surface area (Å²) in [4.78, 5) is 10.7. The standard InChI is InChI=1S/C16H16F2N2O2S/c17-11-7-10-8-12(1-2-13(10)14(18)9-11)20-6-5-19(16(20)23)4-3-15(21)22/h5-7,9,12H,1-4,8H2,(H,21,22)/t12-/m0/s1. The van der Waals surface area contributed by atoms with Gasteiger partial charge in [0, 0.05) is 31.0 Å². The van der Waals surface area contributed by atoms with Crippen molar-refractivity contribution < 1.29 is 18.7 Å². The van der Waals surface area contributed by atoms with Crippen LogP contribution >= 0.6 is 12.2 Å². The minimum Gasteiger partial charge on any atom is -0.481 e. The topological polar surface area (TPSA) is 47.2 Å². The molecule has 122 valence electrons. The van der Waals surface area contributed by atoms with Gasteiger partial charge in [0.15, 0.2) is 4.77 Å². The number of rotatable bonds is 4. The average Bonchev–Trinajstić information content (AvgIpc) is 2.85. The van der Waals surface area contributed by atoms with Gasteiger partial charge in [0.25, 0.3) is 0 Å². The molecule has 0 amide bonds. The Morgan fingerprint density at radius 1 is 1.35 bits per heavy atom. The maximum absolute atomic E-state index is 13.8. The van der Waals surface area contributed by atoms with Crippen LogP contribution in [-0.2, 0) is 24.2 Å². The summed E-state index contributed by atoms with van der Waals surface area (Å²) < 4.78 is 31.4. The first-order valence-corrected chi connectivity index (χ1v) is 7.82. The van der Waals surface area contributed by atoms with E-state index >= 15 is 0 Å². The Hall–Kier alpha value is -2.02. The van der Waals surface area contributed by atoms with E-state index in [0.717, 1.165) is 6.07 Å². The van der Waals surface area contributed by atoms with Crippen molar-refractivity contribution in [3.8, 4) is 0 Å². The summed E-state index contributed by atoms with van der Waals surface area (Å²) >= 11 is 5.39. The molecule has 1 aliphatic rings. The Balaban J connectivity index is 1.84. The lowest BCUT2D eigenvalue weighted by molar-refractivity contribution is -0.137. The monoisotopic (exact) mass is 338 g/mol. The highest BCUT2D eigenvalue weighted by atomic mass is 32.1. The number of aromatic nitrogens is 2. The SMILES string of the molecule is O=C(O)CCn1ccn([C@H]2CCc3c(F)cc(F)cc3C2)c1=S. The number of carbonyl (C=O) groups is 1. The number of hydrogen-bond acceptors (Lipinski definition) is 2. The predicted molar refractivity (Wildman–Crippen MR) is 82.9 cm³/mol. The highest BCUT2D eigenvalue weighted by Crippen LogP contribution is 2.31. The van der Waals surface area contributed by atoms with Crippen LogP contribution in [0.3, 0.4) is 0 Å². The van der Waals surface area contributed by atoms with Crippen LogP contribution in [0.5, 0.6) is 0 Å². The Morgan fingerprint density at radius 3 is 2.87 bits per heavy atom. The Bertz CT molecular complexity index is 813. The third-order valence-corrected chi connectivity index (χ3v) is 4.71. The molecule has 2 aromatic rings. The third-order valence-electron chi connectivity index (χ3n) is 4.27. The predicted octanol–water partition coefficient (Wildman–Crippen LogP) is 3.50. The van der Waals surface area contributed by atoms with Gasteiger partial charge in [0.2, 0.25) is 0 Å². The van der Waals surface area contributed by atoms with E-state index in [2.05, 4.69) is 0 Å². The van der Waals surface area contributed by atoms with Gasteiger partial charge in [-0.1, -0.05) is 0 Å². The molecule has 0 saturated heterocycles. The van der Waals surface area contributed by atoms with Crippen molar-refractivity contribution in [1.82, 2.24) is 9.13 Å². The number of benzene rings is 1. The Labute approximate surface area is 137 Å². The first kappa shape index (κ1) is 15.9. The molecule has 0 unspecified atom stereocenters. The van der Waals surface area contributed by atoms with Crippen molar-refractivity contribution in [2.24, 2.45) is 0 Å². The molecule has 3 rings (SSSR count). The van der Waals surface area contributed by atoms with E-state index in [0.29, 0.717) is 41.7 Å². The summed E-state index contributed by atoms with van der Waals surface area (Å²) in [5, 5.41) is 8.76. The van der Waals surface area contributed by atoms with Crippen LogP contribution in [0.15, 0.2) is 24.5 Å². The molecule has 1 heterocycles. The minimum absolute atomic E-state index is 0.00222. The van der Waals surface area contributed by atoms with Crippen molar-refractivity contribution >= 4 is 18.2 Å². The normalized spacial score (nSPS) is 17.0. The van der Waals surface area contributed by atoms with Crippen LogP contribution in [-0.4, -0.2) is 20.2 Å². The van der Waals surface area contributed by atoms with Crippen LogP contribution in [0.4, 0.5) is 8.78 Å². The summed E-state index contributed by atoms with van der Waals surface area (Å²) in [7, 11) is 0. The fourth-order valence-electron chi connectivity index (χ4n) is 3.12. The number of nitrogens with zero attached hydrogens (tertiary/aromatic N) is 2. The molecule has 1 aromatic heterocycles. The van der Waals surface area contributed by atoms with Gasteiger partial charge >= 0.3 is 5.97 Å². The number of carboxylic acids is 1. The molecule has 0 radical (unpaired) electrons. The quantitative estimate of drug-likeness (QED) is 0.868. The summed E-state index contributed by atoms with van der Waals surface area (Å²) in [6, 6.07) is 2.34. The number of hydrogen-bond donors (Lipinski definition) is 1. The number of aryl methyl sites for hydroxylation is 1. The molecule has 1 atom stereocenters. The fourth-order valence-corrected chi connectivity index (χ4v) is 3.48. The van der Waals surface area contributed by atoms with Crippen LogP contribution in [0.25, 0.3) is 0 Å². The van der Waals surface area contributed by atoms with Crippen molar-refractivity contribution in [3.05, 3.63) is 52.1 Å². The zero-order valence-electron chi connectivity index (χ0n) is 12.3. The third kappa shape index (κ3) is 3.19. The second kappa shape index (κ2) is 6.23. The maximum Gasteiger partial charge on any atom is 0.305 e. The largest absolute Gasteiger partial charge is 0.481 e. The molecule has 1 aliphatic carbocycles. The molecule has 7 heteroatoms. The van der Waals surface area contributed by atoms with Crippen molar-refractivity contribution in [3.63, 3.8) is 0 Å². The zero-order chi connectivity index (χ0) is 16.6. The fraction of sp³-hybridized carbons (Fsp3) is 0.375. The summed E-state index contributed by atoms with van der Waals surface area (Å²) in [6.07, 6.45) is 5.34. The van der Waals surface area contributed by atoms with Gasteiger partial charge in [-0.3, -0.25) is 4.79 Å². The lowest BCUT2D eigenvalue weighted by atomic mass is 9.87. The summed E-state index contributed by atoms with van der Waals surface area (Å²) in [5.41, 5.74) is 1.26. The van der Waals surface area contributed by atoms with E-state index in [1.54, 1.807) is 10.8 Å². The van der Waals surface area contributed by atoms with Crippen LogP contribution in [0, 0.1) is 16.4 Å². The lowest BCUT2D eigenvalue weighted by Gasteiger charge is -2.26. The molecule has 23 heavy (non-hydrogen) atoms. The van der Waals surface area contributed by atoms with E-state index in [4.69, 9.17) is 17.3 Å². The number of aliphatic carboxylic acids is 1. The van der Waals surface area contributed by atoms with Gasteiger partial charge in [-0.2, -0.15) is 0 Å². The second-order valence-corrected chi connectivity index (χ2v) is 6.11. The number of carboxylic acid groups (broad SMARTS) is 1. The van der Waals surface area contributed by atoms with Gasteiger partial charge in [-0.25, -0.2) is 8.78 Å². The number of halogens is 2. The molecule has 0 spiro atoms. The summed E-state index contributed by atoms with van der Waals surface area (Å²) in [6.45, 7) is 0.313. The van der Waals surface area contributed by atoms with E-state index in [9.17, 15) is 13.6 Å². The molecule has 0 bridgehead atoms. The van der Waals surface area contributed by atoms with Gasteiger partial charge in [-0.15, -0.1) is 0 Å². The van der Waals surface area contributed by atoms with Crippen molar-refractivity contribution in [1.29, 1.82) is 0 Å². The first-order valence-electron chi connectivity index (χ1n) is 7.41. The van der Waals surface area contributed by atoms with Crippen LogP contribution in [0.2, 0.25) is 0 Å². The first-order chi connectivity index (χ1) is 11.0. The highest BCUT2D eigenvalue weighted by molar-refractivity contribution is 7.71. The van der Waals surface area contributed by atoms with E-state index in [-0.39, 0.29) is 12.5 Å². The van der Waals surface area contributed by atoms with E-state index in [1.165, 1.54) is 6.07 Å². The Morgan fingerprint density at radius 2 is 2.13 bits per heavy atom. The maximum atomic E-state index is 13.8. The molecule has 0 fully saturated rings. The molecule has 1 N–H and O–H groups in total. The second-order valence-electron chi connectivity index (χ2n) is 5.75. The van der Waals surface area contributed by atoms with E-state index in [1.807, 2.05) is 10.8 Å². The minimum atomic E-state index is -0.878. The van der Waals surface area contributed by atoms with Crippen LogP contribution in [0.1, 0.15) is 30.0 Å². The van der Waals surface area contributed by atoms with Gasteiger partial charge in [-0.05, 0) is 48.7 Å². The van der Waals surface area contributed by atoms with E-state index < -0.39 is 17.6 Å². The lowest BCUT2D eigenvalue weighted by Crippen LogP contribution is -2.20. The smallest absolute Gasteiger partial charge is 0.305 e. The molecular weight excluding hydrogens is 322 g/mol. The highest BCUT2D eigenvalue weighted by Gasteiger charge is 2.24. The van der Waals surface area contributed by atoms with Gasteiger partial charge in [0.1, 0.15) is 11.6 Å². The molecule has 4 nitrogen and oxygen atoms in total. The zero-order valence-corrected chi connectivity index (χ0v) is 13.2. The summed E-state index contributed by atoms with van der Waals surface area (Å²) in [5.74, 6) is -1.93. The molecule has 0 aliphatic heterocycles. The number of fused-ring (bicyclic) bond motifs is 1. The molecular formula is C16H16F2N2O2S. The molecule has 0 saturated carbocycles. The Kier molecular flexibility index (Phi) is 4.30. The van der Waals surface area contributed by atoms with Crippen LogP contribution < -0.4 is 0 Å². The van der Waals surface area contributed by atoms with Crippen molar-refractivity contribution in [2.45, 2.75) is 38.3 Å². The molecule has 1 aromatic carbocycles.